The first-order valence-electron chi connectivity index (χ1n) is 5.76. The average Bonchev–Trinajstić information content (AvgIpc) is 2.35. The van der Waals surface area contributed by atoms with E-state index < -0.39 is 18.5 Å². The Morgan fingerprint density at radius 2 is 1.65 bits per heavy atom. The normalized spacial score (nSPS) is 9.95. The largest absolute Gasteiger partial charge is 0.528 e. The highest BCUT2D eigenvalue weighted by atomic mass is 16.8. The number of hydrogen-bond donors (Lipinski definition) is 1. The minimum Gasteiger partial charge on any atom is -0.449 e. The fourth-order valence-electron chi connectivity index (χ4n) is 1.33. The van der Waals surface area contributed by atoms with Gasteiger partial charge in [0.15, 0.2) is 0 Å². The van der Waals surface area contributed by atoms with Gasteiger partial charge in [-0.3, -0.25) is 0 Å². The third-order valence-corrected chi connectivity index (χ3v) is 2.34. The molecule has 0 atom stereocenters. The van der Waals surface area contributed by atoms with E-state index in [9.17, 15) is 14.4 Å². The summed E-state index contributed by atoms with van der Waals surface area (Å²) in [5.41, 5.74) is 1.85. The van der Waals surface area contributed by atoms with Crippen molar-refractivity contribution >= 4 is 18.5 Å². The number of carboxylic acid groups (broad SMARTS) is 1. The number of ether oxygens (including phenoxy) is 3. The first-order chi connectivity index (χ1) is 9.38. The fraction of sp³-hybridized carbons (Fsp3) is 0.308. The molecule has 0 amide bonds. The highest BCUT2D eigenvalue weighted by molar-refractivity contribution is 5.83. The molecule has 0 unspecified atom stereocenters. The summed E-state index contributed by atoms with van der Waals surface area (Å²) in [5, 5.41) is 8.10. The van der Waals surface area contributed by atoms with Gasteiger partial charge in [0.05, 0.1) is 0 Å². The Morgan fingerprint density at radius 3 is 2.15 bits per heavy atom. The molecular weight excluding hydrogens is 268 g/mol. The average molecular weight is 282 g/mol. The van der Waals surface area contributed by atoms with Gasteiger partial charge in [0.1, 0.15) is 6.61 Å². The van der Waals surface area contributed by atoms with Crippen molar-refractivity contribution in [3.8, 4) is 0 Å². The molecule has 1 N–H and O–H groups in total. The van der Waals surface area contributed by atoms with Gasteiger partial charge in [0.25, 0.3) is 0 Å². The molecule has 0 aliphatic heterocycles. The van der Waals surface area contributed by atoms with Crippen LogP contribution in [0, 0.1) is 0 Å². The van der Waals surface area contributed by atoms with E-state index in [4.69, 9.17) is 5.11 Å². The molecule has 0 fully saturated rings. The Labute approximate surface area is 115 Å². The van der Waals surface area contributed by atoms with E-state index in [-0.39, 0.29) is 6.61 Å². The van der Waals surface area contributed by atoms with Gasteiger partial charge in [-0.1, -0.05) is 38.1 Å². The van der Waals surface area contributed by atoms with Crippen molar-refractivity contribution in [1.29, 1.82) is 0 Å². The Balaban J connectivity index is 2.41. The highest BCUT2D eigenvalue weighted by Crippen LogP contribution is 2.15. The molecule has 7 heteroatoms. The number of benzene rings is 1. The van der Waals surface area contributed by atoms with E-state index >= 15 is 0 Å². The number of rotatable bonds is 3. The summed E-state index contributed by atoms with van der Waals surface area (Å²) in [5.74, 6) is 0.390. The van der Waals surface area contributed by atoms with Crippen LogP contribution in [0.15, 0.2) is 24.3 Å². The molecule has 108 valence electrons. The lowest BCUT2D eigenvalue weighted by Crippen LogP contribution is -2.17. The topological polar surface area (TPSA) is 99.1 Å². The second kappa shape index (κ2) is 7.13. The standard InChI is InChI=1S/C13H14O7/c1-8(2)10-5-3-9(4-6-10)7-18-12(16)20-13(17)19-11(14)15/h3-6,8H,7H2,1-2H3,(H,14,15). The van der Waals surface area contributed by atoms with E-state index in [0.717, 1.165) is 5.56 Å². The predicted octanol–water partition coefficient (Wildman–Crippen LogP) is 3.28. The zero-order valence-electron chi connectivity index (χ0n) is 11.0. The van der Waals surface area contributed by atoms with Gasteiger partial charge < -0.3 is 19.3 Å². The van der Waals surface area contributed by atoms with E-state index in [1.807, 2.05) is 12.1 Å². The van der Waals surface area contributed by atoms with Crippen molar-refractivity contribution < 1.29 is 33.7 Å². The van der Waals surface area contributed by atoms with Crippen molar-refractivity contribution in [2.24, 2.45) is 0 Å². The zero-order chi connectivity index (χ0) is 15.1. The summed E-state index contributed by atoms with van der Waals surface area (Å²) in [6.45, 7) is 4.01. The van der Waals surface area contributed by atoms with Gasteiger partial charge in [-0.05, 0) is 17.0 Å². The Hall–Kier alpha value is -2.57. The molecule has 0 aliphatic rings. The maximum atomic E-state index is 11.0. The Kier molecular flexibility index (Phi) is 5.52. The smallest absolute Gasteiger partial charge is 0.449 e. The number of carbonyl (C=O) groups excluding carboxylic acids is 2. The van der Waals surface area contributed by atoms with Crippen molar-refractivity contribution in [3.63, 3.8) is 0 Å². The van der Waals surface area contributed by atoms with Crippen molar-refractivity contribution in [1.82, 2.24) is 0 Å². The molecule has 0 radical (unpaired) electrons. The molecule has 1 aromatic rings. The summed E-state index contributed by atoms with van der Waals surface area (Å²) in [6.07, 6.45) is -4.85. The van der Waals surface area contributed by atoms with Crippen molar-refractivity contribution in [3.05, 3.63) is 35.4 Å². The first-order valence-corrected chi connectivity index (χ1v) is 5.76. The summed E-state index contributed by atoms with van der Waals surface area (Å²) in [4.78, 5) is 31.7. The summed E-state index contributed by atoms with van der Waals surface area (Å²) in [7, 11) is 0. The van der Waals surface area contributed by atoms with Crippen molar-refractivity contribution in [2.75, 3.05) is 0 Å². The molecule has 0 heterocycles. The molecule has 0 aromatic heterocycles. The van der Waals surface area contributed by atoms with E-state index in [0.29, 0.717) is 11.5 Å². The van der Waals surface area contributed by atoms with E-state index in [1.54, 1.807) is 12.1 Å². The van der Waals surface area contributed by atoms with Crippen molar-refractivity contribution in [2.45, 2.75) is 26.4 Å². The van der Waals surface area contributed by atoms with Crippen LogP contribution in [0.3, 0.4) is 0 Å². The summed E-state index contributed by atoms with van der Waals surface area (Å²) in [6, 6.07) is 7.34. The highest BCUT2D eigenvalue weighted by Gasteiger charge is 2.16. The summed E-state index contributed by atoms with van der Waals surface area (Å²) >= 11 is 0. The van der Waals surface area contributed by atoms with Crippen LogP contribution in [-0.2, 0) is 20.8 Å². The molecule has 0 saturated heterocycles. The molecule has 1 aromatic carbocycles. The van der Waals surface area contributed by atoms with Gasteiger partial charge in [-0.25, -0.2) is 14.4 Å². The third kappa shape index (κ3) is 5.38. The molecule has 20 heavy (non-hydrogen) atoms. The van der Waals surface area contributed by atoms with Gasteiger partial charge in [0.2, 0.25) is 0 Å². The Bertz CT molecular complexity index is 490. The van der Waals surface area contributed by atoms with Crippen LogP contribution in [0.4, 0.5) is 14.4 Å². The van der Waals surface area contributed by atoms with Gasteiger partial charge >= 0.3 is 18.5 Å². The Morgan fingerprint density at radius 1 is 1.05 bits per heavy atom. The summed E-state index contributed by atoms with van der Waals surface area (Å²) < 4.78 is 12.1. The van der Waals surface area contributed by atoms with E-state index in [1.165, 1.54) is 0 Å². The van der Waals surface area contributed by atoms with Crippen LogP contribution < -0.4 is 0 Å². The maximum absolute atomic E-state index is 11.0. The second-order valence-electron chi connectivity index (χ2n) is 4.15. The molecular formula is C13H14O7. The van der Waals surface area contributed by atoms with Crippen LogP contribution >= 0.6 is 0 Å². The van der Waals surface area contributed by atoms with Crippen LogP contribution in [0.5, 0.6) is 0 Å². The molecule has 0 saturated carbocycles. The molecule has 0 aliphatic carbocycles. The lowest BCUT2D eigenvalue weighted by molar-refractivity contribution is 0.0361. The molecule has 1 rings (SSSR count). The maximum Gasteiger partial charge on any atom is 0.528 e. The molecule has 0 spiro atoms. The predicted molar refractivity (Wildman–Crippen MR) is 66.3 cm³/mol. The van der Waals surface area contributed by atoms with Gasteiger partial charge in [-0.2, -0.15) is 0 Å². The monoisotopic (exact) mass is 282 g/mol. The van der Waals surface area contributed by atoms with Crippen LogP contribution in [-0.4, -0.2) is 23.6 Å². The SMILES string of the molecule is CC(C)c1ccc(COC(=O)OC(=O)OC(=O)O)cc1. The van der Waals surface area contributed by atoms with E-state index in [2.05, 4.69) is 28.1 Å². The molecule has 0 bridgehead atoms. The number of carbonyl (C=O) groups is 3. The van der Waals surface area contributed by atoms with Crippen LogP contribution in [0.1, 0.15) is 30.9 Å². The number of hydrogen-bond acceptors (Lipinski definition) is 6. The van der Waals surface area contributed by atoms with Crippen LogP contribution in [0.2, 0.25) is 0 Å². The second-order valence-corrected chi connectivity index (χ2v) is 4.15. The third-order valence-electron chi connectivity index (χ3n) is 2.34. The first kappa shape index (κ1) is 15.5. The molecule has 7 nitrogen and oxygen atoms in total. The lowest BCUT2D eigenvalue weighted by Gasteiger charge is -2.07. The zero-order valence-corrected chi connectivity index (χ0v) is 11.0. The minimum absolute atomic E-state index is 0.0996. The van der Waals surface area contributed by atoms with Gasteiger partial charge in [0, 0.05) is 0 Å². The van der Waals surface area contributed by atoms with Gasteiger partial charge in [-0.15, -0.1) is 0 Å². The van der Waals surface area contributed by atoms with Crippen LogP contribution in [0.25, 0.3) is 0 Å². The lowest BCUT2D eigenvalue weighted by atomic mass is 10.0. The quantitative estimate of drug-likeness (QED) is 0.670. The minimum atomic E-state index is -1.87. The fourth-order valence-corrected chi connectivity index (χ4v) is 1.33.